The zero-order valence-electron chi connectivity index (χ0n) is 8.61. The molecule has 4 heteroatoms. The molecule has 0 bridgehead atoms. The van der Waals surface area contributed by atoms with Gasteiger partial charge in [0.25, 0.3) is 0 Å². The van der Waals surface area contributed by atoms with Crippen LogP contribution in [0.25, 0.3) is 0 Å². The fourth-order valence-electron chi connectivity index (χ4n) is 1.07. The van der Waals surface area contributed by atoms with E-state index in [0.29, 0.717) is 0 Å². The van der Waals surface area contributed by atoms with E-state index in [1.54, 1.807) is 11.8 Å². The van der Waals surface area contributed by atoms with Gasteiger partial charge in [0.2, 0.25) is 0 Å². The minimum absolute atomic E-state index is 0.493. The summed E-state index contributed by atoms with van der Waals surface area (Å²) < 4.78 is 0. The topological polar surface area (TPSA) is 49.6 Å². The smallest absolute Gasteiger partial charge is 0.117 e. The highest BCUT2D eigenvalue weighted by molar-refractivity contribution is 7.98. The van der Waals surface area contributed by atoms with Crippen molar-refractivity contribution >= 4 is 11.8 Å². The van der Waals surface area contributed by atoms with Gasteiger partial charge in [-0.2, -0.15) is 5.26 Å². The lowest BCUT2D eigenvalue weighted by molar-refractivity contribution is 0.563. The van der Waals surface area contributed by atoms with Gasteiger partial charge >= 0.3 is 0 Å². The lowest BCUT2D eigenvalue weighted by Gasteiger charge is -2.18. The number of thioether (sulfide) groups is 1. The molecule has 0 aliphatic rings. The number of rotatable bonds is 3. The lowest BCUT2D eigenvalue weighted by Crippen LogP contribution is -2.20. The first-order valence-electron chi connectivity index (χ1n) is 4.44. The predicted molar refractivity (Wildman–Crippen MR) is 57.1 cm³/mol. The van der Waals surface area contributed by atoms with Gasteiger partial charge in [0.05, 0.1) is 22.2 Å². The first-order valence-corrected chi connectivity index (χ1v) is 5.66. The normalized spacial score (nSPS) is 14.4. The van der Waals surface area contributed by atoms with Crippen molar-refractivity contribution in [3.05, 3.63) is 18.1 Å². The Morgan fingerprint density at radius 1 is 1.57 bits per heavy atom. The fraction of sp³-hybridized carbons (Fsp3) is 0.500. The van der Waals surface area contributed by atoms with Crippen molar-refractivity contribution < 1.29 is 0 Å². The van der Waals surface area contributed by atoms with E-state index in [9.17, 15) is 0 Å². The molecule has 1 atom stereocenters. The van der Waals surface area contributed by atoms with Gasteiger partial charge in [0.15, 0.2) is 0 Å². The van der Waals surface area contributed by atoms with E-state index in [0.717, 1.165) is 17.1 Å². The molecule has 0 saturated heterocycles. The van der Waals surface area contributed by atoms with Crippen LogP contribution in [-0.4, -0.2) is 16.2 Å². The van der Waals surface area contributed by atoms with Crippen molar-refractivity contribution in [2.75, 3.05) is 6.26 Å². The molecule has 14 heavy (non-hydrogen) atoms. The summed E-state index contributed by atoms with van der Waals surface area (Å²) in [6.07, 6.45) is 4.24. The summed E-state index contributed by atoms with van der Waals surface area (Å²) in [7, 11) is 0. The lowest BCUT2D eigenvalue weighted by atomic mass is 9.86. The predicted octanol–water partition coefficient (Wildman–Crippen LogP) is 2.39. The summed E-state index contributed by atoms with van der Waals surface area (Å²) in [6.45, 7) is 3.89. The van der Waals surface area contributed by atoms with Crippen LogP contribution < -0.4 is 0 Å². The Hall–Kier alpha value is -1.08. The Bertz CT molecular complexity index is 359. The standard InChI is InChI=1S/C10H13N3S/c1-4-10(2,6-11)8-5-9(14-3)13-7-12-8/h5,7H,4H2,1-3H3. The van der Waals surface area contributed by atoms with Crippen LogP contribution in [0.15, 0.2) is 17.4 Å². The monoisotopic (exact) mass is 207 g/mol. The summed E-state index contributed by atoms with van der Waals surface area (Å²) in [5.74, 6) is 0. The molecule has 0 aliphatic carbocycles. The number of hydrogen-bond donors (Lipinski definition) is 0. The summed E-state index contributed by atoms with van der Waals surface area (Å²) in [5, 5.41) is 9.99. The van der Waals surface area contributed by atoms with Crippen LogP contribution >= 0.6 is 11.8 Å². The summed E-state index contributed by atoms with van der Waals surface area (Å²) in [6, 6.07) is 4.18. The van der Waals surface area contributed by atoms with E-state index in [2.05, 4.69) is 16.0 Å². The van der Waals surface area contributed by atoms with Gasteiger partial charge in [-0.15, -0.1) is 11.8 Å². The third-order valence-electron chi connectivity index (χ3n) is 2.37. The fourth-order valence-corrected chi connectivity index (χ4v) is 1.45. The van der Waals surface area contributed by atoms with Gasteiger partial charge in [-0.3, -0.25) is 0 Å². The van der Waals surface area contributed by atoms with Gasteiger partial charge in [-0.1, -0.05) is 6.92 Å². The molecule has 0 amide bonds. The Morgan fingerprint density at radius 2 is 2.29 bits per heavy atom. The van der Waals surface area contributed by atoms with Gasteiger partial charge in [-0.05, 0) is 25.7 Å². The third kappa shape index (κ3) is 2.05. The second kappa shape index (κ2) is 4.43. The van der Waals surface area contributed by atoms with Crippen LogP contribution in [0.1, 0.15) is 26.0 Å². The highest BCUT2D eigenvalue weighted by Crippen LogP contribution is 2.26. The van der Waals surface area contributed by atoms with Crippen LogP contribution in [0.2, 0.25) is 0 Å². The molecule has 74 valence electrons. The molecule has 0 fully saturated rings. The summed E-state index contributed by atoms with van der Waals surface area (Å²) in [5.41, 5.74) is 0.315. The highest BCUT2D eigenvalue weighted by Gasteiger charge is 2.25. The van der Waals surface area contributed by atoms with Crippen LogP contribution in [-0.2, 0) is 5.41 Å². The van der Waals surface area contributed by atoms with E-state index in [1.165, 1.54) is 6.33 Å². The SMILES string of the molecule is CCC(C)(C#N)c1cc(SC)ncn1. The molecular formula is C10H13N3S. The number of nitriles is 1. The molecule has 3 nitrogen and oxygen atoms in total. The molecule has 0 N–H and O–H groups in total. The van der Waals surface area contributed by atoms with Crippen molar-refractivity contribution in [2.45, 2.75) is 30.7 Å². The Kier molecular flexibility index (Phi) is 3.48. The van der Waals surface area contributed by atoms with E-state index >= 15 is 0 Å². The number of hydrogen-bond acceptors (Lipinski definition) is 4. The quantitative estimate of drug-likeness (QED) is 0.564. The molecule has 0 aliphatic heterocycles. The summed E-state index contributed by atoms with van der Waals surface area (Å²) in [4.78, 5) is 8.24. The summed E-state index contributed by atoms with van der Waals surface area (Å²) >= 11 is 1.56. The number of aromatic nitrogens is 2. The van der Waals surface area contributed by atoms with Crippen LogP contribution in [0.5, 0.6) is 0 Å². The van der Waals surface area contributed by atoms with Crippen molar-refractivity contribution in [2.24, 2.45) is 0 Å². The second-order valence-electron chi connectivity index (χ2n) is 3.24. The maximum Gasteiger partial charge on any atom is 0.117 e. The molecule has 1 rings (SSSR count). The minimum atomic E-state index is -0.493. The largest absolute Gasteiger partial charge is 0.240 e. The van der Waals surface area contributed by atoms with Crippen molar-refractivity contribution in [3.8, 4) is 6.07 Å². The van der Waals surface area contributed by atoms with Gasteiger partial charge in [0.1, 0.15) is 6.33 Å². The first kappa shape index (κ1) is 11.0. The molecule has 0 saturated carbocycles. The molecular weight excluding hydrogens is 194 g/mol. The van der Waals surface area contributed by atoms with E-state index in [1.807, 2.05) is 26.2 Å². The molecule has 1 aromatic rings. The van der Waals surface area contributed by atoms with Gasteiger partial charge in [0, 0.05) is 0 Å². The van der Waals surface area contributed by atoms with Crippen LogP contribution in [0.4, 0.5) is 0 Å². The van der Waals surface area contributed by atoms with Crippen molar-refractivity contribution in [1.29, 1.82) is 5.26 Å². The zero-order valence-corrected chi connectivity index (χ0v) is 9.43. The molecule has 1 aromatic heterocycles. The Labute approximate surface area is 88.6 Å². The first-order chi connectivity index (χ1) is 6.66. The zero-order chi connectivity index (χ0) is 10.6. The molecule has 0 spiro atoms. The second-order valence-corrected chi connectivity index (χ2v) is 4.07. The van der Waals surface area contributed by atoms with Gasteiger partial charge in [-0.25, -0.2) is 9.97 Å². The Morgan fingerprint density at radius 3 is 2.79 bits per heavy atom. The average Bonchev–Trinajstić information content (AvgIpc) is 2.28. The molecule has 0 aromatic carbocycles. The average molecular weight is 207 g/mol. The number of nitrogens with zero attached hydrogens (tertiary/aromatic N) is 3. The molecule has 1 unspecified atom stereocenters. The maximum atomic E-state index is 9.09. The minimum Gasteiger partial charge on any atom is -0.240 e. The van der Waals surface area contributed by atoms with Crippen molar-refractivity contribution in [3.63, 3.8) is 0 Å². The van der Waals surface area contributed by atoms with Crippen LogP contribution in [0.3, 0.4) is 0 Å². The third-order valence-corrected chi connectivity index (χ3v) is 3.01. The maximum absolute atomic E-state index is 9.09. The Balaban J connectivity index is 3.12. The van der Waals surface area contributed by atoms with E-state index < -0.39 is 5.41 Å². The van der Waals surface area contributed by atoms with Crippen LogP contribution in [0, 0.1) is 11.3 Å². The van der Waals surface area contributed by atoms with Gasteiger partial charge < -0.3 is 0 Å². The highest BCUT2D eigenvalue weighted by atomic mass is 32.2. The molecule has 1 heterocycles. The van der Waals surface area contributed by atoms with E-state index in [-0.39, 0.29) is 0 Å². The van der Waals surface area contributed by atoms with E-state index in [4.69, 9.17) is 5.26 Å². The van der Waals surface area contributed by atoms with Crippen molar-refractivity contribution in [1.82, 2.24) is 9.97 Å². The molecule has 0 radical (unpaired) electrons.